The Morgan fingerprint density at radius 2 is 2.10 bits per heavy atom. The molecule has 0 bridgehead atoms. The summed E-state index contributed by atoms with van der Waals surface area (Å²) in [5.74, 6) is -0.462. The summed E-state index contributed by atoms with van der Waals surface area (Å²) in [6, 6.07) is 10.4. The molecular formula is C15H16N2O4. The molecule has 1 aromatic carbocycles. The Hall–Kier alpha value is -2.60. The summed E-state index contributed by atoms with van der Waals surface area (Å²) in [6.07, 6.45) is 1.36. The molecule has 2 amide bonds. The summed E-state index contributed by atoms with van der Waals surface area (Å²) in [7, 11) is 1.85. The molecule has 0 atom stereocenters. The smallest absolute Gasteiger partial charge is 0.293 e. The maximum atomic E-state index is 11.6. The van der Waals surface area contributed by atoms with Crippen LogP contribution in [0.25, 0.3) is 0 Å². The highest BCUT2D eigenvalue weighted by molar-refractivity contribution is 6.03. The molecule has 6 heteroatoms. The van der Waals surface area contributed by atoms with Gasteiger partial charge in [-0.2, -0.15) is 0 Å². The number of carbonyl (C=O) groups excluding carboxylic acids is 2. The zero-order valence-corrected chi connectivity index (χ0v) is 11.6. The van der Waals surface area contributed by atoms with Gasteiger partial charge in [0.15, 0.2) is 12.4 Å². The summed E-state index contributed by atoms with van der Waals surface area (Å²) in [6.45, 7) is 0.468. The number of hydrogen-bond acceptors (Lipinski definition) is 5. The van der Waals surface area contributed by atoms with E-state index < -0.39 is 11.8 Å². The second kappa shape index (κ2) is 7.25. The molecule has 2 N–H and O–H groups in total. The van der Waals surface area contributed by atoms with E-state index in [2.05, 4.69) is 10.6 Å². The second-order valence-electron chi connectivity index (χ2n) is 4.32. The van der Waals surface area contributed by atoms with Crippen molar-refractivity contribution in [3.05, 3.63) is 54.0 Å². The van der Waals surface area contributed by atoms with E-state index >= 15 is 0 Å². The molecule has 0 saturated carbocycles. The molecule has 6 nitrogen and oxygen atoms in total. The number of ether oxygens (including phenoxy) is 1. The van der Waals surface area contributed by atoms with Gasteiger partial charge in [-0.3, -0.25) is 14.9 Å². The number of amides is 2. The van der Waals surface area contributed by atoms with Gasteiger partial charge in [0.25, 0.3) is 11.8 Å². The van der Waals surface area contributed by atoms with Crippen molar-refractivity contribution in [2.45, 2.75) is 6.54 Å². The van der Waals surface area contributed by atoms with Crippen LogP contribution in [0.5, 0.6) is 5.75 Å². The monoisotopic (exact) mass is 288 g/mol. The van der Waals surface area contributed by atoms with Crippen LogP contribution in [-0.2, 0) is 11.3 Å². The van der Waals surface area contributed by atoms with Crippen molar-refractivity contribution in [2.75, 3.05) is 13.7 Å². The molecule has 0 fully saturated rings. The summed E-state index contributed by atoms with van der Waals surface area (Å²) < 4.78 is 10.2. The lowest BCUT2D eigenvalue weighted by atomic mass is 10.2. The zero-order valence-electron chi connectivity index (χ0n) is 11.6. The van der Waals surface area contributed by atoms with Crippen molar-refractivity contribution >= 4 is 11.8 Å². The molecule has 1 aromatic heterocycles. The van der Waals surface area contributed by atoms with E-state index in [-0.39, 0.29) is 12.4 Å². The Morgan fingerprint density at radius 3 is 2.81 bits per heavy atom. The lowest BCUT2D eigenvalue weighted by molar-refractivity contribution is -0.122. The molecule has 21 heavy (non-hydrogen) atoms. The van der Waals surface area contributed by atoms with Gasteiger partial charge in [0.1, 0.15) is 5.75 Å². The molecule has 0 aliphatic carbocycles. The van der Waals surface area contributed by atoms with E-state index in [0.717, 1.165) is 5.56 Å². The van der Waals surface area contributed by atoms with Crippen molar-refractivity contribution in [2.24, 2.45) is 0 Å². The molecule has 0 aliphatic heterocycles. The average Bonchev–Trinajstić information content (AvgIpc) is 3.00. The molecule has 0 saturated heterocycles. The van der Waals surface area contributed by atoms with Crippen LogP contribution in [0.15, 0.2) is 47.1 Å². The number of hydrogen-bond donors (Lipinski definition) is 2. The van der Waals surface area contributed by atoms with Gasteiger partial charge in [-0.1, -0.05) is 12.1 Å². The maximum absolute atomic E-state index is 11.6. The summed E-state index contributed by atoms with van der Waals surface area (Å²) >= 11 is 0. The highest BCUT2D eigenvalue weighted by Gasteiger charge is 2.13. The highest BCUT2D eigenvalue weighted by Crippen LogP contribution is 2.13. The van der Waals surface area contributed by atoms with E-state index in [9.17, 15) is 9.59 Å². The number of furan rings is 1. The first kappa shape index (κ1) is 14.8. The second-order valence-corrected chi connectivity index (χ2v) is 4.32. The third-order valence-corrected chi connectivity index (χ3v) is 2.65. The van der Waals surface area contributed by atoms with Gasteiger partial charge >= 0.3 is 0 Å². The normalized spacial score (nSPS) is 10.1. The Kier molecular flexibility index (Phi) is 5.11. The minimum Gasteiger partial charge on any atom is -0.484 e. The van der Waals surface area contributed by atoms with Gasteiger partial charge < -0.3 is 14.5 Å². The largest absolute Gasteiger partial charge is 0.484 e. The predicted molar refractivity (Wildman–Crippen MR) is 75.9 cm³/mol. The summed E-state index contributed by atoms with van der Waals surface area (Å²) in [4.78, 5) is 23.2. The van der Waals surface area contributed by atoms with Crippen molar-refractivity contribution in [3.8, 4) is 5.75 Å². The molecule has 0 aliphatic rings. The van der Waals surface area contributed by atoms with Crippen LogP contribution in [0, 0.1) is 0 Å². The van der Waals surface area contributed by atoms with Crippen molar-refractivity contribution in [1.29, 1.82) is 0 Å². The van der Waals surface area contributed by atoms with Crippen molar-refractivity contribution < 1.29 is 18.7 Å². The SMILES string of the molecule is CNCc1cccc(OCC(=O)NC(=O)c2ccco2)c1. The third-order valence-electron chi connectivity index (χ3n) is 2.65. The Bertz CT molecular complexity index is 608. The minimum absolute atomic E-state index is 0.0827. The van der Waals surface area contributed by atoms with Crippen molar-refractivity contribution in [1.82, 2.24) is 10.6 Å². The van der Waals surface area contributed by atoms with Gasteiger partial charge in [-0.15, -0.1) is 0 Å². The number of imide groups is 1. The summed E-state index contributed by atoms with van der Waals surface area (Å²) in [5, 5.41) is 5.21. The quantitative estimate of drug-likeness (QED) is 0.838. The Labute approximate surface area is 122 Å². The van der Waals surface area contributed by atoms with Gasteiger partial charge in [-0.25, -0.2) is 0 Å². The minimum atomic E-state index is -0.586. The van der Waals surface area contributed by atoms with Gasteiger partial charge in [0.2, 0.25) is 0 Å². The first-order valence-electron chi connectivity index (χ1n) is 6.43. The Balaban J connectivity index is 1.83. The maximum Gasteiger partial charge on any atom is 0.293 e. The number of carbonyl (C=O) groups is 2. The fraction of sp³-hybridized carbons (Fsp3) is 0.200. The van der Waals surface area contributed by atoms with Crippen LogP contribution in [-0.4, -0.2) is 25.5 Å². The first-order chi connectivity index (χ1) is 10.2. The molecule has 2 rings (SSSR count). The van der Waals surface area contributed by atoms with Crippen LogP contribution in [0.2, 0.25) is 0 Å². The van der Waals surface area contributed by atoms with Crippen LogP contribution < -0.4 is 15.4 Å². The number of benzene rings is 1. The molecule has 0 unspecified atom stereocenters. The Morgan fingerprint density at radius 1 is 1.24 bits per heavy atom. The molecule has 110 valence electrons. The molecule has 2 aromatic rings. The van der Waals surface area contributed by atoms with Crippen LogP contribution >= 0.6 is 0 Å². The van der Waals surface area contributed by atoms with Crippen LogP contribution in [0.3, 0.4) is 0 Å². The van der Waals surface area contributed by atoms with E-state index in [1.165, 1.54) is 12.3 Å². The van der Waals surface area contributed by atoms with E-state index in [0.29, 0.717) is 12.3 Å². The van der Waals surface area contributed by atoms with E-state index in [1.807, 2.05) is 25.2 Å². The topological polar surface area (TPSA) is 80.6 Å². The van der Waals surface area contributed by atoms with Crippen molar-refractivity contribution in [3.63, 3.8) is 0 Å². The van der Waals surface area contributed by atoms with Gasteiger partial charge in [-0.05, 0) is 36.9 Å². The lowest BCUT2D eigenvalue weighted by Gasteiger charge is -2.07. The third kappa shape index (κ3) is 4.47. The fourth-order valence-electron chi connectivity index (χ4n) is 1.73. The predicted octanol–water partition coefficient (Wildman–Crippen LogP) is 1.33. The summed E-state index contributed by atoms with van der Waals surface area (Å²) in [5.41, 5.74) is 1.04. The van der Waals surface area contributed by atoms with Crippen LogP contribution in [0.4, 0.5) is 0 Å². The van der Waals surface area contributed by atoms with Gasteiger partial charge in [0.05, 0.1) is 6.26 Å². The lowest BCUT2D eigenvalue weighted by Crippen LogP contribution is -2.34. The van der Waals surface area contributed by atoms with E-state index in [4.69, 9.17) is 9.15 Å². The molecular weight excluding hydrogens is 272 g/mol. The van der Waals surface area contributed by atoms with Gasteiger partial charge in [0, 0.05) is 6.54 Å². The average molecular weight is 288 g/mol. The highest BCUT2D eigenvalue weighted by atomic mass is 16.5. The van der Waals surface area contributed by atoms with Crippen LogP contribution in [0.1, 0.15) is 16.1 Å². The molecule has 1 heterocycles. The first-order valence-corrected chi connectivity index (χ1v) is 6.43. The number of nitrogens with one attached hydrogen (secondary N) is 2. The molecule has 0 spiro atoms. The molecule has 0 radical (unpaired) electrons. The number of rotatable bonds is 6. The zero-order chi connectivity index (χ0) is 15.1. The standard InChI is InChI=1S/C15H16N2O4/c1-16-9-11-4-2-5-12(8-11)21-10-14(18)17-15(19)13-6-3-7-20-13/h2-8,16H,9-10H2,1H3,(H,17,18,19). The fourth-order valence-corrected chi connectivity index (χ4v) is 1.73. The van der Waals surface area contributed by atoms with E-state index in [1.54, 1.807) is 12.1 Å².